The molecule has 4 nitrogen and oxygen atoms in total. The van der Waals surface area contributed by atoms with Crippen molar-refractivity contribution >= 4 is 23.6 Å². The molecule has 0 bridgehead atoms. The van der Waals surface area contributed by atoms with Gasteiger partial charge in [0.05, 0.1) is 0 Å². The van der Waals surface area contributed by atoms with Gasteiger partial charge in [0.1, 0.15) is 5.41 Å². The Balaban J connectivity index is 2.85. The maximum Gasteiger partial charge on any atom is 0.315 e. The van der Waals surface area contributed by atoms with Crippen LogP contribution in [0, 0.1) is 0 Å². The molecule has 0 aliphatic rings. The number of benzene rings is 1. The number of hydrogen-bond acceptors (Lipinski definition) is 3. The molecule has 110 valence electrons. The first-order valence-electron chi connectivity index (χ1n) is 6.61. The Kier molecular flexibility index (Phi) is 6.58. The van der Waals surface area contributed by atoms with Crippen molar-refractivity contribution in [1.29, 1.82) is 0 Å². The molecule has 0 saturated heterocycles. The molecule has 1 unspecified atom stereocenters. The van der Waals surface area contributed by atoms with Crippen LogP contribution in [0.15, 0.2) is 30.3 Å². The molecule has 20 heavy (non-hydrogen) atoms. The number of amides is 1. The highest BCUT2D eigenvalue weighted by atomic mass is 32.2. The molecule has 0 heterocycles. The van der Waals surface area contributed by atoms with Crippen LogP contribution in [0.1, 0.15) is 25.3 Å². The fourth-order valence-electron chi connectivity index (χ4n) is 2.07. The quantitative estimate of drug-likeness (QED) is 0.772. The van der Waals surface area contributed by atoms with Crippen LogP contribution in [0.2, 0.25) is 0 Å². The first-order valence-corrected chi connectivity index (χ1v) is 8.00. The van der Waals surface area contributed by atoms with Crippen molar-refractivity contribution in [1.82, 2.24) is 5.32 Å². The standard InChI is InChI=1S/C15H21NO3S/c1-3-15(14(18)19,12-7-5-4-6-8-12)11-16-13(17)9-10-20-2/h4-8H,3,9-11H2,1-2H3,(H,16,17)(H,18,19). The van der Waals surface area contributed by atoms with Gasteiger partial charge in [-0.2, -0.15) is 11.8 Å². The van der Waals surface area contributed by atoms with Crippen LogP contribution in [0.3, 0.4) is 0 Å². The predicted molar refractivity (Wildman–Crippen MR) is 82.1 cm³/mol. The minimum absolute atomic E-state index is 0.102. The largest absolute Gasteiger partial charge is 0.481 e. The van der Waals surface area contributed by atoms with Crippen molar-refractivity contribution in [2.45, 2.75) is 25.2 Å². The van der Waals surface area contributed by atoms with Crippen LogP contribution in [0.25, 0.3) is 0 Å². The summed E-state index contributed by atoms with van der Waals surface area (Å²) >= 11 is 1.59. The maximum absolute atomic E-state index is 11.7. The number of carbonyl (C=O) groups is 2. The van der Waals surface area contributed by atoms with Crippen LogP contribution in [-0.2, 0) is 15.0 Å². The smallest absolute Gasteiger partial charge is 0.315 e. The van der Waals surface area contributed by atoms with Gasteiger partial charge in [-0.1, -0.05) is 37.3 Å². The number of carbonyl (C=O) groups excluding carboxylic acids is 1. The van der Waals surface area contributed by atoms with E-state index in [0.717, 1.165) is 11.3 Å². The third kappa shape index (κ3) is 4.00. The lowest BCUT2D eigenvalue weighted by atomic mass is 9.78. The Morgan fingerprint density at radius 1 is 1.30 bits per heavy atom. The van der Waals surface area contributed by atoms with Gasteiger partial charge in [0.15, 0.2) is 0 Å². The molecule has 0 aromatic heterocycles. The van der Waals surface area contributed by atoms with Gasteiger partial charge in [0.25, 0.3) is 0 Å². The topological polar surface area (TPSA) is 66.4 Å². The Hall–Kier alpha value is -1.49. The zero-order valence-corrected chi connectivity index (χ0v) is 12.7. The van der Waals surface area contributed by atoms with Crippen molar-refractivity contribution < 1.29 is 14.7 Å². The first-order chi connectivity index (χ1) is 9.56. The molecule has 2 N–H and O–H groups in total. The van der Waals surface area contributed by atoms with E-state index in [2.05, 4.69) is 5.32 Å². The zero-order chi connectivity index (χ0) is 15.0. The molecular formula is C15H21NO3S. The monoisotopic (exact) mass is 295 g/mol. The van der Waals surface area contributed by atoms with Gasteiger partial charge in [-0.15, -0.1) is 0 Å². The van der Waals surface area contributed by atoms with E-state index in [9.17, 15) is 14.7 Å². The summed E-state index contributed by atoms with van der Waals surface area (Å²) < 4.78 is 0. The maximum atomic E-state index is 11.7. The minimum Gasteiger partial charge on any atom is -0.481 e. The fraction of sp³-hybridized carbons (Fsp3) is 0.467. The summed E-state index contributed by atoms with van der Waals surface area (Å²) in [5.41, 5.74) is -0.337. The zero-order valence-electron chi connectivity index (χ0n) is 11.9. The van der Waals surface area contributed by atoms with Crippen molar-refractivity contribution in [2.75, 3.05) is 18.6 Å². The number of hydrogen-bond donors (Lipinski definition) is 2. The third-order valence-corrected chi connectivity index (χ3v) is 4.07. The summed E-state index contributed by atoms with van der Waals surface area (Å²) in [6.45, 7) is 1.95. The van der Waals surface area contributed by atoms with Gasteiger partial charge in [-0.3, -0.25) is 9.59 Å². The van der Waals surface area contributed by atoms with E-state index in [-0.39, 0.29) is 12.5 Å². The molecule has 0 aliphatic carbocycles. The van der Waals surface area contributed by atoms with E-state index in [4.69, 9.17) is 0 Å². The molecule has 5 heteroatoms. The molecule has 1 aromatic rings. The second kappa shape index (κ2) is 7.94. The van der Waals surface area contributed by atoms with E-state index >= 15 is 0 Å². The van der Waals surface area contributed by atoms with Gasteiger partial charge < -0.3 is 10.4 Å². The summed E-state index contributed by atoms with van der Waals surface area (Å²) in [5, 5.41) is 12.4. The summed E-state index contributed by atoms with van der Waals surface area (Å²) in [6, 6.07) is 9.08. The lowest BCUT2D eigenvalue weighted by Gasteiger charge is -2.29. The Morgan fingerprint density at radius 3 is 2.45 bits per heavy atom. The number of thioether (sulfide) groups is 1. The number of carboxylic acid groups (broad SMARTS) is 1. The summed E-state index contributed by atoms with van der Waals surface area (Å²) in [6.07, 6.45) is 2.77. The highest BCUT2D eigenvalue weighted by Crippen LogP contribution is 2.27. The summed E-state index contributed by atoms with van der Waals surface area (Å²) in [7, 11) is 0. The molecule has 0 aliphatic heterocycles. The van der Waals surface area contributed by atoms with Crippen molar-refractivity contribution in [3.63, 3.8) is 0 Å². The molecule has 1 amide bonds. The van der Waals surface area contributed by atoms with Crippen LogP contribution < -0.4 is 5.32 Å². The Labute approximate surface area is 124 Å². The molecule has 1 atom stereocenters. The van der Waals surface area contributed by atoms with E-state index in [1.807, 2.05) is 31.4 Å². The minimum atomic E-state index is -1.06. The molecule has 1 rings (SSSR count). The van der Waals surface area contributed by atoms with Crippen LogP contribution in [0.4, 0.5) is 0 Å². The van der Waals surface area contributed by atoms with Gasteiger partial charge >= 0.3 is 5.97 Å². The molecule has 0 radical (unpaired) electrons. The molecular weight excluding hydrogens is 274 g/mol. The average molecular weight is 295 g/mol. The highest BCUT2D eigenvalue weighted by molar-refractivity contribution is 7.98. The van der Waals surface area contributed by atoms with E-state index in [1.165, 1.54) is 0 Å². The summed E-state index contributed by atoms with van der Waals surface area (Å²) in [5.74, 6) is -0.269. The van der Waals surface area contributed by atoms with Crippen molar-refractivity contribution in [3.8, 4) is 0 Å². The fourth-order valence-corrected chi connectivity index (χ4v) is 2.46. The van der Waals surface area contributed by atoms with E-state index in [1.54, 1.807) is 23.9 Å². The van der Waals surface area contributed by atoms with Gasteiger partial charge in [0, 0.05) is 18.7 Å². The van der Waals surface area contributed by atoms with Crippen molar-refractivity contribution in [3.05, 3.63) is 35.9 Å². The Bertz CT molecular complexity index is 450. The average Bonchev–Trinajstić information content (AvgIpc) is 2.47. The van der Waals surface area contributed by atoms with Gasteiger partial charge in [-0.05, 0) is 18.2 Å². The summed E-state index contributed by atoms with van der Waals surface area (Å²) in [4.78, 5) is 23.4. The second-order valence-electron chi connectivity index (χ2n) is 4.63. The van der Waals surface area contributed by atoms with Crippen LogP contribution in [0.5, 0.6) is 0 Å². The number of nitrogens with one attached hydrogen (secondary N) is 1. The number of rotatable bonds is 8. The molecule has 0 saturated carbocycles. The molecule has 0 fully saturated rings. The lowest BCUT2D eigenvalue weighted by molar-refractivity contribution is -0.144. The van der Waals surface area contributed by atoms with Gasteiger partial charge in [0.2, 0.25) is 5.91 Å². The number of aliphatic carboxylic acids is 1. The molecule has 0 spiro atoms. The molecule has 1 aromatic carbocycles. The third-order valence-electron chi connectivity index (χ3n) is 3.46. The lowest BCUT2D eigenvalue weighted by Crippen LogP contribution is -2.46. The van der Waals surface area contributed by atoms with Crippen molar-refractivity contribution in [2.24, 2.45) is 0 Å². The first kappa shape index (κ1) is 16.6. The van der Waals surface area contributed by atoms with Gasteiger partial charge in [-0.25, -0.2) is 0 Å². The van der Waals surface area contributed by atoms with E-state index < -0.39 is 11.4 Å². The Morgan fingerprint density at radius 2 is 1.95 bits per heavy atom. The second-order valence-corrected chi connectivity index (χ2v) is 5.61. The van der Waals surface area contributed by atoms with E-state index in [0.29, 0.717) is 12.8 Å². The SMILES string of the molecule is CCC(CNC(=O)CCSC)(C(=O)O)c1ccccc1. The number of carboxylic acids is 1. The highest BCUT2D eigenvalue weighted by Gasteiger charge is 2.38. The normalized spacial score (nSPS) is 13.5. The van der Waals surface area contributed by atoms with Crippen LogP contribution in [-0.4, -0.2) is 35.5 Å². The van der Waals surface area contributed by atoms with Crippen LogP contribution >= 0.6 is 11.8 Å². The predicted octanol–water partition coefficient (Wildman–Crippen LogP) is 2.29.